The van der Waals surface area contributed by atoms with Crippen LogP contribution in [0.4, 0.5) is 5.82 Å². The number of rotatable bonds is 3. The van der Waals surface area contributed by atoms with Crippen LogP contribution in [0, 0.1) is 6.92 Å². The third-order valence-corrected chi connectivity index (χ3v) is 5.00. The minimum Gasteiger partial charge on any atom is -0.353 e. The number of nitrogens with zero attached hydrogens (tertiary/aromatic N) is 5. The summed E-state index contributed by atoms with van der Waals surface area (Å²) in [7, 11) is 0. The van der Waals surface area contributed by atoms with Gasteiger partial charge in [-0.2, -0.15) is 4.98 Å². The summed E-state index contributed by atoms with van der Waals surface area (Å²) < 4.78 is 5.35. The molecular weight excluding hydrogens is 290 g/mol. The van der Waals surface area contributed by atoms with Crippen molar-refractivity contribution in [2.45, 2.75) is 38.6 Å². The van der Waals surface area contributed by atoms with Gasteiger partial charge in [0.2, 0.25) is 0 Å². The highest BCUT2D eigenvalue weighted by Gasteiger charge is 2.28. The van der Waals surface area contributed by atoms with Crippen LogP contribution in [0.15, 0.2) is 22.9 Å². The fraction of sp³-hybridized carbons (Fsp3) is 0.588. The number of aromatic nitrogens is 3. The maximum atomic E-state index is 5.35. The molecule has 2 fully saturated rings. The third-order valence-electron chi connectivity index (χ3n) is 5.00. The number of hydrogen-bond acceptors (Lipinski definition) is 6. The SMILES string of the molecule is Cc1noc(-c2cccnc2N2CCN(C3CCCC3)CC2)n1. The van der Waals surface area contributed by atoms with Gasteiger partial charge in [0.25, 0.3) is 5.89 Å². The second-order valence-corrected chi connectivity index (χ2v) is 6.48. The molecule has 2 aliphatic rings. The first kappa shape index (κ1) is 14.6. The Bertz CT molecular complexity index is 657. The molecule has 0 atom stereocenters. The zero-order valence-corrected chi connectivity index (χ0v) is 13.6. The normalized spacial score (nSPS) is 20.3. The maximum Gasteiger partial charge on any atom is 0.261 e. The zero-order chi connectivity index (χ0) is 15.6. The van der Waals surface area contributed by atoms with E-state index in [-0.39, 0.29) is 0 Å². The summed E-state index contributed by atoms with van der Waals surface area (Å²) in [5.74, 6) is 2.17. The van der Waals surface area contributed by atoms with Crippen molar-refractivity contribution in [3.8, 4) is 11.5 Å². The molecule has 4 rings (SSSR count). The Labute approximate surface area is 136 Å². The van der Waals surface area contributed by atoms with Gasteiger partial charge in [-0.05, 0) is 31.9 Å². The largest absolute Gasteiger partial charge is 0.353 e. The molecule has 2 aromatic heterocycles. The summed E-state index contributed by atoms with van der Waals surface area (Å²) in [4.78, 5) is 14.0. The van der Waals surface area contributed by atoms with Crippen LogP contribution in [-0.4, -0.2) is 52.2 Å². The first-order valence-corrected chi connectivity index (χ1v) is 8.56. The Hall–Kier alpha value is -1.95. The van der Waals surface area contributed by atoms with Gasteiger partial charge >= 0.3 is 0 Å². The van der Waals surface area contributed by atoms with Gasteiger partial charge in [-0.25, -0.2) is 4.98 Å². The number of hydrogen-bond donors (Lipinski definition) is 0. The van der Waals surface area contributed by atoms with E-state index in [9.17, 15) is 0 Å². The molecule has 1 saturated carbocycles. The number of pyridine rings is 1. The second kappa shape index (κ2) is 6.28. The van der Waals surface area contributed by atoms with Crippen molar-refractivity contribution in [2.75, 3.05) is 31.1 Å². The maximum absolute atomic E-state index is 5.35. The molecule has 2 aromatic rings. The predicted molar refractivity (Wildman–Crippen MR) is 88.3 cm³/mol. The minimum atomic E-state index is 0.559. The highest BCUT2D eigenvalue weighted by atomic mass is 16.5. The van der Waals surface area contributed by atoms with Gasteiger partial charge in [0.05, 0.1) is 5.56 Å². The standard InChI is InChI=1S/C17H23N5O/c1-13-19-17(23-20-13)15-7-4-8-18-16(15)22-11-9-21(10-12-22)14-5-2-3-6-14/h4,7-8,14H,2-3,5-6,9-12H2,1H3. The smallest absolute Gasteiger partial charge is 0.261 e. The van der Waals surface area contributed by atoms with Crippen molar-refractivity contribution >= 4 is 5.82 Å². The van der Waals surface area contributed by atoms with E-state index in [0.29, 0.717) is 11.7 Å². The lowest BCUT2D eigenvalue weighted by Crippen LogP contribution is -2.50. The summed E-state index contributed by atoms with van der Waals surface area (Å²) in [6.07, 6.45) is 7.37. The van der Waals surface area contributed by atoms with Crippen LogP contribution >= 0.6 is 0 Å². The van der Waals surface area contributed by atoms with Gasteiger partial charge < -0.3 is 9.42 Å². The quantitative estimate of drug-likeness (QED) is 0.868. The minimum absolute atomic E-state index is 0.559. The predicted octanol–water partition coefficient (Wildman–Crippen LogP) is 2.50. The Morgan fingerprint density at radius 3 is 2.61 bits per heavy atom. The highest BCUT2D eigenvalue weighted by molar-refractivity contribution is 5.69. The third kappa shape index (κ3) is 2.95. The lowest BCUT2D eigenvalue weighted by atomic mass is 10.1. The summed E-state index contributed by atoms with van der Waals surface area (Å²) in [6.45, 7) is 6.08. The first-order chi connectivity index (χ1) is 11.3. The molecule has 0 unspecified atom stereocenters. The Kier molecular flexibility index (Phi) is 3.99. The van der Waals surface area contributed by atoms with E-state index in [1.165, 1.54) is 25.7 Å². The molecule has 1 aliphatic carbocycles. The molecule has 3 heterocycles. The molecule has 0 N–H and O–H groups in total. The van der Waals surface area contributed by atoms with Crippen molar-refractivity contribution < 1.29 is 4.52 Å². The highest BCUT2D eigenvalue weighted by Crippen LogP contribution is 2.30. The zero-order valence-electron chi connectivity index (χ0n) is 13.6. The van der Waals surface area contributed by atoms with Gasteiger partial charge in [-0.15, -0.1) is 0 Å². The average molecular weight is 313 g/mol. The van der Waals surface area contributed by atoms with Crippen molar-refractivity contribution in [3.63, 3.8) is 0 Å². The van der Waals surface area contributed by atoms with Crippen LogP contribution in [-0.2, 0) is 0 Å². The van der Waals surface area contributed by atoms with E-state index in [0.717, 1.165) is 43.6 Å². The van der Waals surface area contributed by atoms with Crippen molar-refractivity contribution in [2.24, 2.45) is 0 Å². The fourth-order valence-corrected chi connectivity index (χ4v) is 3.79. The van der Waals surface area contributed by atoms with Crippen LogP contribution in [0.3, 0.4) is 0 Å². The molecule has 0 bridgehead atoms. The Balaban J connectivity index is 1.51. The summed E-state index contributed by atoms with van der Waals surface area (Å²) in [5.41, 5.74) is 0.933. The molecule has 0 aromatic carbocycles. The first-order valence-electron chi connectivity index (χ1n) is 8.56. The fourth-order valence-electron chi connectivity index (χ4n) is 3.79. The average Bonchev–Trinajstić information content (AvgIpc) is 3.27. The molecular formula is C17H23N5O. The van der Waals surface area contributed by atoms with Gasteiger partial charge in [-0.3, -0.25) is 4.90 Å². The summed E-state index contributed by atoms with van der Waals surface area (Å²) in [5, 5.41) is 3.90. The summed E-state index contributed by atoms with van der Waals surface area (Å²) >= 11 is 0. The van der Waals surface area contributed by atoms with E-state index in [1.807, 2.05) is 25.3 Å². The van der Waals surface area contributed by atoms with Crippen molar-refractivity contribution in [1.29, 1.82) is 0 Å². The Morgan fingerprint density at radius 2 is 1.91 bits per heavy atom. The molecule has 6 nitrogen and oxygen atoms in total. The number of piperazine rings is 1. The molecule has 23 heavy (non-hydrogen) atoms. The lowest BCUT2D eigenvalue weighted by molar-refractivity contribution is 0.187. The molecule has 1 saturated heterocycles. The molecule has 6 heteroatoms. The Morgan fingerprint density at radius 1 is 1.13 bits per heavy atom. The molecule has 1 aliphatic heterocycles. The van der Waals surface area contributed by atoms with Gasteiger partial charge in [0, 0.05) is 38.4 Å². The van der Waals surface area contributed by atoms with E-state index < -0.39 is 0 Å². The number of aryl methyl sites for hydroxylation is 1. The van der Waals surface area contributed by atoms with Crippen molar-refractivity contribution in [3.05, 3.63) is 24.2 Å². The second-order valence-electron chi connectivity index (χ2n) is 6.48. The number of anilines is 1. The van der Waals surface area contributed by atoms with Crippen molar-refractivity contribution in [1.82, 2.24) is 20.0 Å². The van der Waals surface area contributed by atoms with Gasteiger partial charge in [0.15, 0.2) is 5.82 Å². The monoisotopic (exact) mass is 313 g/mol. The van der Waals surface area contributed by atoms with Crippen LogP contribution in [0.1, 0.15) is 31.5 Å². The molecule has 0 radical (unpaired) electrons. The summed E-state index contributed by atoms with van der Waals surface area (Å²) in [6, 6.07) is 4.74. The topological polar surface area (TPSA) is 58.3 Å². The molecule has 0 spiro atoms. The van der Waals surface area contributed by atoms with E-state index >= 15 is 0 Å². The van der Waals surface area contributed by atoms with Gasteiger partial charge in [-0.1, -0.05) is 18.0 Å². The van der Waals surface area contributed by atoms with Gasteiger partial charge in [0.1, 0.15) is 5.82 Å². The van der Waals surface area contributed by atoms with Crippen LogP contribution in [0.2, 0.25) is 0 Å². The molecule has 122 valence electrons. The van der Waals surface area contributed by atoms with Crippen LogP contribution < -0.4 is 4.90 Å². The lowest BCUT2D eigenvalue weighted by Gasteiger charge is -2.38. The van der Waals surface area contributed by atoms with E-state index in [4.69, 9.17) is 4.52 Å². The molecule has 0 amide bonds. The van der Waals surface area contributed by atoms with E-state index in [2.05, 4.69) is 24.9 Å². The van der Waals surface area contributed by atoms with Crippen LogP contribution in [0.25, 0.3) is 11.5 Å². The van der Waals surface area contributed by atoms with E-state index in [1.54, 1.807) is 0 Å². The van der Waals surface area contributed by atoms with Crippen LogP contribution in [0.5, 0.6) is 0 Å².